The van der Waals surface area contributed by atoms with Crippen LogP contribution in [-0.2, 0) is 21.7 Å². The molecule has 58 heavy (non-hydrogen) atoms. The molecule has 0 unspecified atom stereocenters. The molecule has 0 radical (unpaired) electrons. The number of hydrogen-bond donors (Lipinski definition) is 2. The summed E-state index contributed by atoms with van der Waals surface area (Å²) in [5.41, 5.74) is 3.90. The molecule has 320 valence electrons. The van der Waals surface area contributed by atoms with Gasteiger partial charge in [-0.3, -0.25) is 0 Å². The molecule has 0 amide bonds. The molecule has 8 bridgehead atoms. The minimum absolute atomic E-state index is 0.161. The summed E-state index contributed by atoms with van der Waals surface area (Å²) in [5.74, 6) is 1.98. The zero-order valence-electron chi connectivity index (χ0n) is 36.3. The van der Waals surface area contributed by atoms with Crippen LogP contribution in [0.5, 0.6) is 23.0 Å². The Labute approximate surface area is 385 Å². The lowest BCUT2D eigenvalue weighted by molar-refractivity contribution is 0.323. The quantitative estimate of drug-likeness (QED) is 0.173. The van der Waals surface area contributed by atoms with Crippen molar-refractivity contribution in [1.29, 1.82) is 0 Å². The Hall–Kier alpha value is -1.36. The first-order chi connectivity index (χ1) is 26.8. The van der Waals surface area contributed by atoms with E-state index in [1.165, 1.54) is 47.0 Å². The van der Waals surface area contributed by atoms with Gasteiger partial charge in [0.2, 0.25) is 0 Å². The van der Waals surface area contributed by atoms with E-state index in [1.54, 1.807) is 0 Å². The largest absolute Gasteiger partial charge is 0.506 e. The molecule has 12 heteroatoms. The summed E-state index contributed by atoms with van der Waals surface area (Å²) < 4.78 is 13.0. The van der Waals surface area contributed by atoms with Crippen molar-refractivity contribution in [2.75, 3.05) is 23.9 Å². The Morgan fingerprint density at radius 1 is 0.397 bits per heavy atom. The van der Waals surface area contributed by atoms with Gasteiger partial charge in [-0.2, -0.15) is 0 Å². The fourth-order valence-corrected chi connectivity index (χ4v) is 10.3. The fraction of sp³-hybridized carbons (Fsp3) is 0.478. The summed E-state index contributed by atoms with van der Waals surface area (Å²) in [7, 11) is 0. The number of fused-ring (bicyclic) bond motifs is 8. The molecule has 4 aromatic carbocycles. The molecule has 2 N–H and O–H groups in total. The molecule has 0 aliphatic carbocycles. The number of rotatable bonds is 4. The molecule has 0 fully saturated rings. The highest BCUT2D eigenvalue weighted by Gasteiger charge is 2.29. The molecule has 1 heterocycles. The zero-order valence-corrected chi connectivity index (χ0v) is 42.6. The normalized spacial score (nSPS) is 13.1. The minimum Gasteiger partial charge on any atom is -0.506 e. The maximum absolute atomic E-state index is 12.2. The standard InChI is InChI=1S/C44H56O4S4.2CH2Cl2/c1-15-47-39-33-21-27(43(9,10)11)22-34(39)50-30-18-26(42(6,7)8)20-32(38(30)46)52-36-24-28(44(12,13)14)23-35(40(36)48-16-2)51-31-19-25(41(3,4)5)17-29(49-33)37(31)45;2*2-1-3/h17-24,45-46H,15-16H2,1-14H3;2*1H2. The van der Waals surface area contributed by atoms with E-state index in [0.29, 0.717) is 13.2 Å². The number of hydrogen-bond acceptors (Lipinski definition) is 8. The number of ether oxygens (including phenoxy) is 2. The van der Waals surface area contributed by atoms with Crippen LogP contribution in [0.3, 0.4) is 0 Å². The average molecular weight is 947 g/mol. The lowest BCUT2D eigenvalue weighted by Gasteiger charge is -2.27. The first kappa shape index (κ1) is 51.0. The lowest BCUT2D eigenvalue weighted by Crippen LogP contribution is -2.13. The van der Waals surface area contributed by atoms with Crippen molar-refractivity contribution >= 4 is 93.5 Å². The zero-order chi connectivity index (χ0) is 44.0. The Morgan fingerprint density at radius 2 is 0.569 bits per heavy atom. The number of phenolic OH excluding ortho intramolecular Hbond substituents is 2. The number of halogens is 4. The van der Waals surface area contributed by atoms with E-state index in [-0.39, 0.29) is 43.8 Å². The van der Waals surface area contributed by atoms with Gasteiger partial charge in [0.1, 0.15) is 23.0 Å². The highest BCUT2D eigenvalue weighted by atomic mass is 35.5. The average Bonchev–Trinajstić information content (AvgIpc) is 3.09. The summed E-state index contributed by atoms with van der Waals surface area (Å²) in [6.45, 7) is 31.5. The van der Waals surface area contributed by atoms with Gasteiger partial charge in [0.15, 0.2) is 0 Å². The van der Waals surface area contributed by atoms with Crippen LogP contribution in [0.1, 0.15) is 119 Å². The molecule has 5 rings (SSSR count). The maximum atomic E-state index is 12.2. The van der Waals surface area contributed by atoms with Gasteiger partial charge in [0, 0.05) is 0 Å². The van der Waals surface area contributed by atoms with Gasteiger partial charge < -0.3 is 19.7 Å². The second-order valence-corrected chi connectivity index (χ2v) is 23.7. The van der Waals surface area contributed by atoms with Crippen molar-refractivity contribution in [3.05, 3.63) is 70.8 Å². The predicted octanol–water partition coefficient (Wildman–Crippen LogP) is 16.8. The predicted molar refractivity (Wildman–Crippen MR) is 256 cm³/mol. The maximum Gasteiger partial charge on any atom is 0.147 e. The van der Waals surface area contributed by atoms with Crippen LogP contribution in [0.25, 0.3) is 0 Å². The second kappa shape index (κ2) is 21.1. The van der Waals surface area contributed by atoms with Crippen molar-refractivity contribution in [2.24, 2.45) is 0 Å². The van der Waals surface area contributed by atoms with Crippen LogP contribution >= 0.6 is 93.5 Å². The van der Waals surface area contributed by atoms with Gasteiger partial charge in [0.05, 0.1) is 63.1 Å². The summed E-state index contributed by atoms with van der Waals surface area (Å²) in [4.78, 5) is 6.77. The molecule has 4 nitrogen and oxygen atoms in total. The smallest absolute Gasteiger partial charge is 0.147 e. The number of alkyl halides is 4. The molecular weight excluding hydrogens is 887 g/mol. The highest BCUT2D eigenvalue weighted by molar-refractivity contribution is 8.01. The van der Waals surface area contributed by atoms with Crippen LogP contribution in [0.4, 0.5) is 0 Å². The SMILES string of the molecule is CCOc1c2cc(C(C)(C)C)cc1Sc1cc(C(C)(C)C)cc(c1O)Sc1cc(C(C)(C)C)cc(c1OCC)Sc1cc(C(C)(C)C)cc(c1O)S2.ClCCl.ClCCl. The minimum atomic E-state index is -0.168. The van der Waals surface area contributed by atoms with Crippen LogP contribution < -0.4 is 9.47 Å². The van der Waals surface area contributed by atoms with Crippen LogP contribution in [0.15, 0.2) is 87.7 Å². The van der Waals surface area contributed by atoms with Crippen molar-refractivity contribution in [1.82, 2.24) is 0 Å². The van der Waals surface area contributed by atoms with Gasteiger partial charge in [-0.1, -0.05) is 130 Å². The lowest BCUT2D eigenvalue weighted by atomic mass is 9.87. The molecule has 0 spiro atoms. The topological polar surface area (TPSA) is 58.9 Å². The molecular formula is C46H60Cl4O4S4. The number of aromatic hydroxyl groups is 2. The first-order valence-electron chi connectivity index (χ1n) is 19.2. The van der Waals surface area contributed by atoms with E-state index >= 15 is 0 Å². The number of phenols is 2. The van der Waals surface area contributed by atoms with Gasteiger partial charge in [-0.15, -0.1) is 46.4 Å². The van der Waals surface area contributed by atoms with E-state index in [0.717, 1.165) is 72.9 Å². The third kappa shape index (κ3) is 13.3. The Balaban J connectivity index is 0.00000141. The van der Waals surface area contributed by atoms with Crippen LogP contribution in [-0.4, -0.2) is 34.1 Å². The summed E-state index contributed by atoms with van der Waals surface area (Å²) in [6.07, 6.45) is 0. The van der Waals surface area contributed by atoms with E-state index in [4.69, 9.17) is 55.9 Å². The summed E-state index contributed by atoms with van der Waals surface area (Å²) in [6, 6.07) is 17.3. The Kier molecular flexibility index (Phi) is 18.6. The summed E-state index contributed by atoms with van der Waals surface area (Å²) in [5, 5.41) is 24.8. The van der Waals surface area contributed by atoms with E-state index in [1.807, 2.05) is 13.8 Å². The van der Waals surface area contributed by atoms with Crippen molar-refractivity contribution in [3.8, 4) is 23.0 Å². The third-order valence-corrected chi connectivity index (χ3v) is 13.3. The molecule has 0 saturated carbocycles. The van der Waals surface area contributed by atoms with Gasteiger partial charge >= 0.3 is 0 Å². The van der Waals surface area contributed by atoms with Gasteiger partial charge in [-0.05, 0) is 106 Å². The fourth-order valence-electron chi connectivity index (χ4n) is 5.71. The molecule has 1 aliphatic rings. The summed E-state index contributed by atoms with van der Waals surface area (Å²) >= 11 is 25.2. The molecule has 0 atom stereocenters. The van der Waals surface area contributed by atoms with Crippen LogP contribution in [0.2, 0.25) is 0 Å². The molecule has 4 aromatic rings. The van der Waals surface area contributed by atoms with Crippen LogP contribution in [0, 0.1) is 0 Å². The first-order valence-corrected chi connectivity index (χ1v) is 24.6. The van der Waals surface area contributed by atoms with Gasteiger partial charge in [0.25, 0.3) is 0 Å². The monoisotopic (exact) mass is 944 g/mol. The second-order valence-electron chi connectivity index (χ2n) is 17.7. The molecule has 1 aliphatic heterocycles. The Morgan fingerprint density at radius 3 is 0.724 bits per heavy atom. The Bertz CT molecular complexity index is 1790. The van der Waals surface area contributed by atoms with Crippen molar-refractivity contribution in [2.45, 2.75) is 158 Å². The van der Waals surface area contributed by atoms with E-state index in [9.17, 15) is 10.2 Å². The van der Waals surface area contributed by atoms with E-state index in [2.05, 4.69) is 132 Å². The van der Waals surface area contributed by atoms with Crippen molar-refractivity contribution < 1.29 is 19.7 Å². The molecule has 0 aromatic heterocycles. The van der Waals surface area contributed by atoms with E-state index < -0.39 is 0 Å². The molecule has 0 saturated heterocycles. The third-order valence-electron chi connectivity index (χ3n) is 9.04. The highest BCUT2D eigenvalue weighted by Crippen LogP contribution is 2.56. The number of benzene rings is 4. The van der Waals surface area contributed by atoms with Gasteiger partial charge in [-0.25, -0.2) is 0 Å². The van der Waals surface area contributed by atoms with Crippen molar-refractivity contribution in [3.63, 3.8) is 0 Å².